The Kier molecular flexibility index (Phi) is 6.59. The van der Waals surface area contributed by atoms with E-state index in [9.17, 15) is 0 Å². The first-order valence-electron chi connectivity index (χ1n) is 17.8. The van der Waals surface area contributed by atoms with Crippen LogP contribution in [0.25, 0.3) is 53.2 Å². The van der Waals surface area contributed by atoms with Crippen molar-refractivity contribution in [3.05, 3.63) is 138 Å². The molecule has 0 bridgehead atoms. The molecule has 0 N–H and O–H groups in total. The van der Waals surface area contributed by atoms with Gasteiger partial charge in [-0.15, -0.1) is 11.3 Å². The number of hydrogen-bond donors (Lipinski definition) is 0. The van der Waals surface area contributed by atoms with Gasteiger partial charge in [0.25, 0.3) is 0 Å². The monoisotopic (exact) mass is 669 g/mol. The van der Waals surface area contributed by atoms with Crippen LogP contribution < -0.4 is 4.90 Å². The molecule has 3 heteroatoms. The van der Waals surface area contributed by atoms with Crippen LogP contribution >= 0.6 is 11.3 Å². The first-order chi connectivity index (χ1) is 23.8. The number of benzene rings is 6. The first-order valence-corrected chi connectivity index (χ1v) is 18.6. The third kappa shape index (κ3) is 4.52. The van der Waals surface area contributed by atoms with E-state index in [-0.39, 0.29) is 16.2 Å². The molecule has 6 aromatic carbocycles. The van der Waals surface area contributed by atoms with Crippen LogP contribution in [0.3, 0.4) is 0 Å². The number of furan rings is 1. The summed E-state index contributed by atoms with van der Waals surface area (Å²) in [7, 11) is 0. The van der Waals surface area contributed by atoms with Crippen LogP contribution in [-0.4, -0.2) is 0 Å². The highest BCUT2D eigenvalue weighted by molar-refractivity contribution is 7.25. The van der Waals surface area contributed by atoms with Gasteiger partial charge in [-0.3, -0.25) is 0 Å². The van der Waals surface area contributed by atoms with Crippen molar-refractivity contribution in [3.8, 4) is 11.1 Å². The van der Waals surface area contributed by atoms with Crippen molar-refractivity contribution >= 4 is 70.5 Å². The summed E-state index contributed by atoms with van der Waals surface area (Å²) in [6.45, 7) is 18.5. The lowest BCUT2D eigenvalue weighted by Crippen LogP contribution is -2.16. The third-order valence-corrected chi connectivity index (χ3v) is 12.1. The minimum Gasteiger partial charge on any atom is -0.456 e. The lowest BCUT2D eigenvalue weighted by Gasteiger charge is -2.29. The predicted molar refractivity (Wildman–Crippen MR) is 216 cm³/mol. The molecule has 1 aliphatic carbocycles. The Hall–Kier alpha value is -4.86. The number of fused-ring (bicyclic) bond motifs is 9. The highest BCUT2D eigenvalue weighted by Gasteiger charge is 2.38. The van der Waals surface area contributed by atoms with Gasteiger partial charge in [0.1, 0.15) is 11.2 Å². The summed E-state index contributed by atoms with van der Waals surface area (Å²) in [5, 5.41) is 4.91. The number of thiophene rings is 1. The molecule has 50 heavy (non-hydrogen) atoms. The summed E-state index contributed by atoms with van der Waals surface area (Å²) in [5.74, 6) is 0. The second-order valence-electron chi connectivity index (χ2n) is 16.6. The van der Waals surface area contributed by atoms with E-state index in [1.54, 1.807) is 0 Å². The van der Waals surface area contributed by atoms with Crippen molar-refractivity contribution in [2.45, 2.75) is 71.6 Å². The van der Waals surface area contributed by atoms with Gasteiger partial charge in [-0.25, -0.2) is 0 Å². The molecule has 0 fully saturated rings. The van der Waals surface area contributed by atoms with Crippen LogP contribution in [0, 0.1) is 0 Å². The average Bonchev–Trinajstić information content (AvgIpc) is 3.72. The average molecular weight is 670 g/mol. The fourth-order valence-corrected chi connectivity index (χ4v) is 9.36. The van der Waals surface area contributed by atoms with Crippen molar-refractivity contribution in [1.29, 1.82) is 0 Å². The predicted octanol–water partition coefficient (Wildman–Crippen LogP) is 14.3. The van der Waals surface area contributed by atoms with E-state index in [2.05, 4.69) is 176 Å². The summed E-state index contributed by atoms with van der Waals surface area (Å²) >= 11 is 1.86. The van der Waals surface area contributed by atoms with E-state index in [1.807, 2.05) is 11.3 Å². The van der Waals surface area contributed by atoms with Gasteiger partial charge in [0.05, 0.1) is 16.8 Å². The first kappa shape index (κ1) is 31.1. The summed E-state index contributed by atoms with van der Waals surface area (Å²) in [4.78, 5) is 2.51. The van der Waals surface area contributed by atoms with E-state index in [4.69, 9.17) is 4.42 Å². The van der Waals surface area contributed by atoms with E-state index >= 15 is 0 Å². The van der Waals surface area contributed by atoms with Crippen LogP contribution in [0.15, 0.2) is 120 Å². The molecule has 0 saturated carbocycles. The Morgan fingerprint density at radius 1 is 0.600 bits per heavy atom. The normalized spacial score (nSPS) is 14.2. The molecule has 2 nitrogen and oxygen atoms in total. The van der Waals surface area contributed by atoms with Gasteiger partial charge in [-0.1, -0.05) is 122 Å². The maximum atomic E-state index is 6.91. The van der Waals surface area contributed by atoms with Gasteiger partial charge in [0.15, 0.2) is 0 Å². The Labute approximate surface area is 299 Å². The van der Waals surface area contributed by atoms with Crippen LogP contribution in [-0.2, 0) is 16.2 Å². The largest absolute Gasteiger partial charge is 0.456 e. The zero-order chi connectivity index (χ0) is 34.7. The van der Waals surface area contributed by atoms with Crippen molar-refractivity contribution < 1.29 is 4.42 Å². The third-order valence-electron chi connectivity index (χ3n) is 10.9. The molecule has 8 aromatic rings. The van der Waals surface area contributed by atoms with E-state index in [0.717, 1.165) is 27.9 Å². The second-order valence-corrected chi connectivity index (χ2v) is 17.7. The standard InChI is InChI=1S/C47H43NOS/c1-45(2,3)28-25-33-43-38(20-14-21-39(43)49-44(33)36(26-28)46(4,5)6)48(29-23-24-41-32(27-29)30-15-10-12-22-40(30)50-41)37-19-13-18-35-42(37)31-16-9-11-17-34(31)47(35,7)8/h9-27H,1-8H3. The Bertz CT molecular complexity index is 2650. The molecule has 9 rings (SSSR count). The zero-order valence-electron chi connectivity index (χ0n) is 30.2. The molecular formula is C47H43NOS. The second kappa shape index (κ2) is 10.6. The zero-order valence-corrected chi connectivity index (χ0v) is 31.0. The summed E-state index contributed by atoms with van der Waals surface area (Å²) in [5.41, 5.74) is 13.0. The molecule has 0 aliphatic heterocycles. The maximum absolute atomic E-state index is 6.91. The topological polar surface area (TPSA) is 16.4 Å². The lowest BCUT2D eigenvalue weighted by molar-refractivity contribution is 0.559. The van der Waals surface area contributed by atoms with Crippen molar-refractivity contribution in [2.75, 3.05) is 4.90 Å². The SMILES string of the molecule is CC(C)(C)c1cc(C(C)(C)C)c2oc3cccc(N(c4ccc5sc6ccccc6c5c4)c4cccc5c4-c4ccccc4C5(C)C)c3c2c1. The van der Waals surface area contributed by atoms with E-state index in [0.29, 0.717) is 0 Å². The molecule has 1 aliphatic rings. The fourth-order valence-electron chi connectivity index (χ4n) is 8.27. The summed E-state index contributed by atoms with van der Waals surface area (Å²) in [6.07, 6.45) is 0. The molecule has 2 aromatic heterocycles. The fraction of sp³-hybridized carbons (Fsp3) is 0.234. The highest BCUT2D eigenvalue weighted by Crippen LogP contribution is 2.55. The van der Waals surface area contributed by atoms with Crippen molar-refractivity contribution in [2.24, 2.45) is 0 Å². The lowest BCUT2D eigenvalue weighted by atomic mass is 9.79. The minimum atomic E-state index is -0.112. The van der Waals surface area contributed by atoms with Gasteiger partial charge in [-0.05, 0) is 81.6 Å². The maximum Gasteiger partial charge on any atom is 0.139 e. The molecule has 0 radical (unpaired) electrons. The van der Waals surface area contributed by atoms with Crippen LogP contribution in [0.2, 0.25) is 0 Å². The van der Waals surface area contributed by atoms with Gasteiger partial charge < -0.3 is 9.32 Å². The van der Waals surface area contributed by atoms with E-state index in [1.165, 1.54) is 64.6 Å². The summed E-state index contributed by atoms with van der Waals surface area (Å²) < 4.78 is 9.53. The van der Waals surface area contributed by atoms with Crippen molar-refractivity contribution in [1.82, 2.24) is 0 Å². The Balaban J connectivity index is 1.42. The molecule has 0 saturated heterocycles. The van der Waals surface area contributed by atoms with Crippen LogP contribution in [0.1, 0.15) is 77.6 Å². The van der Waals surface area contributed by atoms with Crippen molar-refractivity contribution in [3.63, 3.8) is 0 Å². The quantitative estimate of drug-likeness (QED) is 0.186. The van der Waals surface area contributed by atoms with Crippen LogP contribution in [0.5, 0.6) is 0 Å². The molecule has 0 amide bonds. The molecule has 248 valence electrons. The number of anilines is 3. The molecule has 2 heterocycles. The van der Waals surface area contributed by atoms with Crippen LogP contribution in [0.4, 0.5) is 17.1 Å². The molecule has 0 unspecified atom stereocenters. The molecule has 0 atom stereocenters. The highest BCUT2D eigenvalue weighted by atomic mass is 32.1. The summed E-state index contributed by atoms with van der Waals surface area (Å²) in [6, 6.07) is 43.0. The number of nitrogens with zero attached hydrogens (tertiary/aromatic N) is 1. The van der Waals surface area contributed by atoms with Gasteiger partial charge in [-0.2, -0.15) is 0 Å². The number of hydrogen-bond acceptors (Lipinski definition) is 3. The molecular weight excluding hydrogens is 627 g/mol. The minimum absolute atomic E-state index is 0.0208. The van der Waals surface area contributed by atoms with Gasteiger partial charge in [0, 0.05) is 47.8 Å². The number of rotatable bonds is 3. The van der Waals surface area contributed by atoms with Gasteiger partial charge in [0.2, 0.25) is 0 Å². The van der Waals surface area contributed by atoms with Gasteiger partial charge >= 0.3 is 0 Å². The Morgan fingerprint density at radius 2 is 1.30 bits per heavy atom. The van der Waals surface area contributed by atoms with E-state index < -0.39 is 0 Å². The Morgan fingerprint density at radius 3 is 2.10 bits per heavy atom. The smallest absolute Gasteiger partial charge is 0.139 e. The molecule has 0 spiro atoms.